The number of hydrogen-bond acceptors (Lipinski definition) is 7. The van der Waals surface area contributed by atoms with Crippen molar-refractivity contribution in [1.82, 2.24) is 0 Å². The van der Waals surface area contributed by atoms with Crippen molar-refractivity contribution in [3.8, 4) is 17.2 Å². The van der Waals surface area contributed by atoms with E-state index in [9.17, 15) is 13.2 Å². The molecule has 0 saturated carbocycles. The Morgan fingerprint density at radius 3 is 2.02 bits per heavy atom. The van der Waals surface area contributed by atoms with E-state index in [1.807, 2.05) is 76.2 Å². The van der Waals surface area contributed by atoms with Crippen LogP contribution in [0.15, 0.2) is 66.7 Å². The van der Waals surface area contributed by atoms with E-state index in [2.05, 4.69) is 9.62 Å². The number of piperidine rings is 1. The molecule has 4 rings (SSSR count). The average Bonchev–Trinajstić information content (AvgIpc) is 2.96. The number of benzene rings is 3. The predicted octanol–water partition coefficient (Wildman–Crippen LogP) is 3.72. The summed E-state index contributed by atoms with van der Waals surface area (Å²) in [5.74, 6) is 0.828. The summed E-state index contributed by atoms with van der Waals surface area (Å²) in [4.78, 5) is 16.2. The molecule has 220 valence electrons. The Bertz CT molecular complexity index is 1460. The number of para-hydroxylation sites is 3. The fourth-order valence-corrected chi connectivity index (χ4v) is 6.28. The van der Waals surface area contributed by atoms with Gasteiger partial charge in [0, 0.05) is 18.5 Å². The van der Waals surface area contributed by atoms with Gasteiger partial charge in [-0.15, -0.1) is 0 Å². The zero-order valence-corrected chi connectivity index (χ0v) is 28.4. The maximum atomic E-state index is 14.0. The number of nitrogens with zero attached hydrogens (tertiary/aromatic N) is 2. The molecule has 0 atom stereocenters. The first-order valence-electron chi connectivity index (χ1n) is 13.9. The number of carbonyl (C=O) groups excluding carboxylic acids is 1. The van der Waals surface area contributed by atoms with E-state index in [1.165, 1.54) is 0 Å². The average molecular weight is 603 g/mol. The Hall–Kier alpha value is -2.72. The fraction of sp³-hybridized carbons (Fsp3) is 0.406. The van der Waals surface area contributed by atoms with E-state index in [0.29, 0.717) is 37.2 Å². The molecule has 1 fully saturated rings. The van der Waals surface area contributed by atoms with Crippen LogP contribution in [0.5, 0.6) is 17.2 Å². The van der Waals surface area contributed by atoms with Gasteiger partial charge in [-0.1, -0.05) is 70.2 Å². The molecule has 0 radical (unpaired) electrons. The zero-order valence-electron chi connectivity index (χ0n) is 25.6. The summed E-state index contributed by atoms with van der Waals surface area (Å²) in [7, 11) is -1.44. The summed E-state index contributed by atoms with van der Waals surface area (Å²) in [6, 6.07) is 20.5. The summed E-state index contributed by atoms with van der Waals surface area (Å²) in [6.07, 6.45) is 0.686. The van der Waals surface area contributed by atoms with E-state index in [1.54, 1.807) is 32.4 Å². The molecule has 42 heavy (non-hydrogen) atoms. The number of hydrogen-bond donors (Lipinski definition) is 0. The maximum Gasteiger partial charge on any atom is 1.00 e. The van der Waals surface area contributed by atoms with Gasteiger partial charge in [0.25, 0.3) is 10.3 Å². The number of methoxy groups -OCH3 is 2. The smallest absolute Gasteiger partial charge is 0.512 e. The first kappa shape index (κ1) is 33.8. The summed E-state index contributed by atoms with van der Waals surface area (Å²) >= 11 is 0. The zero-order chi connectivity index (χ0) is 29.8. The number of anilines is 1. The SMILES string of the molecule is COc1cccc(C2(C(=O)[N-]S(=O)(=O)Oc3c(C(C)C)cccc3C(C)C)CCN(c3ccccc3OC)CC2)c1.[Na+]. The Morgan fingerprint density at radius 1 is 0.857 bits per heavy atom. The maximum absolute atomic E-state index is 14.0. The molecule has 0 bridgehead atoms. The summed E-state index contributed by atoms with van der Waals surface area (Å²) in [5, 5.41) is 0. The molecule has 1 amide bonds. The van der Waals surface area contributed by atoms with Gasteiger partial charge in [-0.05, 0) is 65.6 Å². The molecule has 3 aromatic carbocycles. The second-order valence-corrected chi connectivity index (χ2v) is 12.2. The van der Waals surface area contributed by atoms with Gasteiger partial charge in [0.05, 0.1) is 25.8 Å². The second kappa shape index (κ2) is 14.2. The van der Waals surface area contributed by atoms with Crippen LogP contribution in [0.3, 0.4) is 0 Å². The number of rotatable bonds is 10. The molecule has 1 heterocycles. The molecule has 0 aliphatic carbocycles. The molecular formula is C32H39N2NaO6S. The standard InChI is InChI=1S/C32H40N2O6S.Na/c1-22(2)26-13-10-14-27(23(3)4)30(26)40-41(36,37)33-31(35)32(24-11-9-12-25(21-24)38-5)17-19-34(20-18-32)28-15-7-8-16-29(28)39-6;/h7-16,21-23H,17-20H2,1-6H3,(H,33,35);/q;+1/p-1. The van der Waals surface area contributed by atoms with E-state index in [0.717, 1.165) is 22.6 Å². The first-order valence-corrected chi connectivity index (χ1v) is 15.2. The Labute approximate surface area is 272 Å². The van der Waals surface area contributed by atoms with Crippen molar-refractivity contribution in [1.29, 1.82) is 0 Å². The molecule has 1 aliphatic heterocycles. The van der Waals surface area contributed by atoms with Crippen LogP contribution in [-0.2, 0) is 20.5 Å². The minimum atomic E-state index is -4.62. The van der Waals surface area contributed by atoms with Crippen LogP contribution < -0.4 is 48.1 Å². The Kier molecular flexibility index (Phi) is 11.4. The van der Waals surface area contributed by atoms with Crippen molar-refractivity contribution in [2.75, 3.05) is 32.2 Å². The van der Waals surface area contributed by atoms with Gasteiger partial charge < -0.3 is 28.1 Å². The number of ether oxygens (including phenoxy) is 2. The van der Waals surface area contributed by atoms with E-state index in [4.69, 9.17) is 13.7 Å². The summed E-state index contributed by atoms with van der Waals surface area (Å²) < 4.78 is 47.2. The molecule has 0 spiro atoms. The molecule has 10 heteroatoms. The largest absolute Gasteiger partial charge is 1.00 e. The van der Waals surface area contributed by atoms with E-state index in [-0.39, 0.29) is 47.1 Å². The van der Waals surface area contributed by atoms with Crippen LogP contribution in [0.2, 0.25) is 0 Å². The first-order chi connectivity index (χ1) is 19.5. The summed E-state index contributed by atoms with van der Waals surface area (Å²) in [6.45, 7) is 8.85. The molecule has 0 aromatic heterocycles. The van der Waals surface area contributed by atoms with Crippen molar-refractivity contribution in [3.05, 3.63) is 88.1 Å². The molecule has 0 N–H and O–H groups in total. The Balaban J connectivity index is 0.00000484. The van der Waals surface area contributed by atoms with Crippen molar-refractivity contribution in [3.63, 3.8) is 0 Å². The van der Waals surface area contributed by atoms with E-state index < -0.39 is 21.6 Å². The van der Waals surface area contributed by atoms with Gasteiger partial charge >= 0.3 is 29.6 Å². The van der Waals surface area contributed by atoms with Gasteiger partial charge in [-0.2, -0.15) is 0 Å². The van der Waals surface area contributed by atoms with Crippen molar-refractivity contribution in [2.45, 2.75) is 57.8 Å². The van der Waals surface area contributed by atoms with Crippen LogP contribution in [0.4, 0.5) is 5.69 Å². The topological polar surface area (TPSA) is 96.2 Å². The van der Waals surface area contributed by atoms with Gasteiger partial charge in [0.1, 0.15) is 17.2 Å². The fourth-order valence-electron chi connectivity index (χ4n) is 5.46. The molecule has 1 aliphatic rings. The van der Waals surface area contributed by atoms with Crippen molar-refractivity contribution >= 4 is 21.9 Å². The molecule has 0 unspecified atom stereocenters. The third-order valence-electron chi connectivity index (χ3n) is 7.78. The summed E-state index contributed by atoms with van der Waals surface area (Å²) in [5.41, 5.74) is 1.89. The predicted molar refractivity (Wildman–Crippen MR) is 162 cm³/mol. The van der Waals surface area contributed by atoms with Crippen LogP contribution >= 0.6 is 0 Å². The number of amides is 1. The molecule has 1 saturated heterocycles. The molecule has 3 aromatic rings. The quantitative estimate of drug-likeness (QED) is 0.327. The van der Waals surface area contributed by atoms with Crippen LogP contribution in [0.25, 0.3) is 4.72 Å². The van der Waals surface area contributed by atoms with Gasteiger partial charge in [0.15, 0.2) is 0 Å². The van der Waals surface area contributed by atoms with Crippen molar-refractivity contribution in [2.24, 2.45) is 0 Å². The van der Waals surface area contributed by atoms with Crippen molar-refractivity contribution < 1.29 is 56.4 Å². The van der Waals surface area contributed by atoms with Gasteiger partial charge in [-0.25, -0.2) is 8.42 Å². The van der Waals surface area contributed by atoms with Crippen LogP contribution in [0.1, 0.15) is 69.1 Å². The number of carbonyl (C=O) groups is 1. The third kappa shape index (κ3) is 7.25. The minimum absolute atomic E-state index is 0. The Morgan fingerprint density at radius 2 is 1.45 bits per heavy atom. The molecular weight excluding hydrogens is 563 g/mol. The minimum Gasteiger partial charge on any atom is -0.512 e. The monoisotopic (exact) mass is 602 g/mol. The van der Waals surface area contributed by atoms with Crippen LogP contribution in [0, 0.1) is 0 Å². The second-order valence-electron chi connectivity index (χ2n) is 11.0. The van der Waals surface area contributed by atoms with Gasteiger partial charge in [-0.3, -0.25) is 0 Å². The third-order valence-corrected chi connectivity index (χ3v) is 8.54. The normalized spacial score (nSPS) is 14.7. The van der Waals surface area contributed by atoms with Gasteiger partial charge in [0.2, 0.25) is 0 Å². The molecule has 8 nitrogen and oxygen atoms in total. The van der Waals surface area contributed by atoms with E-state index >= 15 is 0 Å². The van der Waals surface area contributed by atoms with Crippen LogP contribution in [-0.4, -0.2) is 41.6 Å².